The Morgan fingerprint density at radius 1 is 1.17 bits per heavy atom. The molecule has 1 heterocycles. The lowest BCUT2D eigenvalue weighted by molar-refractivity contribution is -0.143. The van der Waals surface area contributed by atoms with E-state index in [4.69, 9.17) is 14.9 Å². The summed E-state index contributed by atoms with van der Waals surface area (Å²) >= 11 is 0. The molecule has 0 aliphatic carbocycles. The van der Waals surface area contributed by atoms with Crippen molar-refractivity contribution >= 4 is 11.9 Å². The van der Waals surface area contributed by atoms with E-state index in [1.54, 1.807) is 54.6 Å². The number of benzene rings is 2. The molecule has 4 N–H and O–H groups in total. The quantitative estimate of drug-likeness (QED) is 0.524. The van der Waals surface area contributed by atoms with Gasteiger partial charge in [0.15, 0.2) is 11.7 Å². The standard InChI is InChI=1S/C21H21N3O5/c1-28-21(27)18(14-5-3-2-4-6-14)24-19(26)17-12-29-20(23-17)16(22)11-13-7-9-15(25)10-8-13/h2-10,12,16,18,25H,11,22H2,1H3,(H,24,26). The summed E-state index contributed by atoms with van der Waals surface area (Å²) in [6, 6.07) is 13.8. The average Bonchev–Trinajstić information content (AvgIpc) is 3.24. The fourth-order valence-electron chi connectivity index (χ4n) is 2.78. The van der Waals surface area contributed by atoms with Gasteiger partial charge in [-0.05, 0) is 29.7 Å². The van der Waals surface area contributed by atoms with Gasteiger partial charge in [-0.1, -0.05) is 42.5 Å². The van der Waals surface area contributed by atoms with Gasteiger partial charge in [0.2, 0.25) is 5.89 Å². The number of aromatic hydroxyl groups is 1. The summed E-state index contributed by atoms with van der Waals surface area (Å²) in [5, 5.41) is 11.9. The number of amides is 1. The lowest BCUT2D eigenvalue weighted by atomic mass is 10.1. The summed E-state index contributed by atoms with van der Waals surface area (Å²) in [5.41, 5.74) is 7.59. The van der Waals surface area contributed by atoms with E-state index in [0.717, 1.165) is 5.56 Å². The van der Waals surface area contributed by atoms with Gasteiger partial charge in [-0.25, -0.2) is 9.78 Å². The number of phenols is 1. The van der Waals surface area contributed by atoms with E-state index in [2.05, 4.69) is 10.3 Å². The maximum atomic E-state index is 12.6. The van der Waals surface area contributed by atoms with Crippen molar-refractivity contribution in [2.45, 2.75) is 18.5 Å². The van der Waals surface area contributed by atoms with E-state index in [0.29, 0.717) is 12.0 Å². The number of phenolic OH excluding ortho intramolecular Hbond substituents is 1. The van der Waals surface area contributed by atoms with Gasteiger partial charge in [-0.2, -0.15) is 0 Å². The first kappa shape index (κ1) is 20.1. The summed E-state index contributed by atoms with van der Waals surface area (Å²) < 4.78 is 10.1. The molecule has 2 atom stereocenters. The number of esters is 1. The number of nitrogens with zero attached hydrogens (tertiary/aromatic N) is 1. The van der Waals surface area contributed by atoms with Crippen LogP contribution in [0.3, 0.4) is 0 Å². The van der Waals surface area contributed by atoms with E-state index in [-0.39, 0.29) is 17.3 Å². The van der Waals surface area contributed by atoms with Crippen molar-refractivity contribution in [2.24, 2.45) is 5.73 Å². The van der Waals surface area contributed by atoms with Crippen LogP contribution in [0.15, 0.2) is 65.3 Å². The van der Waals surface area contributed by atoms with Crippen molar-refractivity contribution in [3.63, 3.8) is 0 Å². The molecule has 2 unspecified atom stereocenters. The molecule has 29 heavy (non-hydrogen) atoms. The summed E-state index contributed by atoms with van der Waals surface area (Å²) in [5.74, 6) is -0.832. The second-order valence-electron chi connectivity index (χ2n) is 6.39. The van der Waals surface area contributed by atoms with Gasteiger partial charge in [0.05, 0.1) is 13.2 Å². The van der Waals surface area contributed by atoms with Crippen LogP contribution in [0.5, 0.6) is 5.75 Å². The van der Waals surface area contributed by atoms with Gasteiger partial charge in [0, 0.05) is 0 Å². The van der Waals surface area contributed by atoms with E-state index < -0.39 is 24.0 Å². The minimum atomic E-state index is -0.973. The number of methoxy groups -OCH3 is 1. The van der Waals surface area contributed by atoms with E-state index in [9.17, 15) is 14.7 Å². The highest BCUT2D eigenvalue weighted by molar-refractivity contribution is 5.95. The maximum absolute atomic E-state index is 12.6. The molecule has 1 aromatic heterocycles. The monoisotopic (exact) mass is 395 g/mol. The lowest BCUT2D eigenvalue weighted by Crippen LogP contribution is -2.34. The van der Waals surface area contributed by atoms with E-state index >= 15 is 0 Å². The molecular weight excluding hydrogens is 374 g/mol. The fourth-order valence-corrected chi connectivity index (χ4v) is 2.78. The summed E-state index contributed by atoms with van der Waals surface area (Å²) in [4.78, 5) is 28.8. The molecule has 2 aromatic carbocycles. The first-order valence-corrected chi connectivity index (χ1v) is 8.90. The Hall–Kier alpha value is -3.65. The third-order valence-electron chi connectivity index (χ3n) is 4.31. The highest BCUT2D eigenvalue weighted by atomic mass is 16.5. The van der Waals surface area contributed by atoms with Crippen molar-refractivity contribution < 1.29 is 23.8 Å². The minimum absolute atomic E-state index is 0.00555. The van der Waals surface area contributed by atoms with Crippen molar-refractivity contribution in [1.29, 1.82) is 0 Å². The predicted octanol–water partition coefficient (Wildman–Crippen LogP) is 2.27. The van der Waals surface area contributed by atoms with Gasteiger partial charge in [0.25, 0.3) is 5.91 Å². The number of oxazole rings is 1. The molecule has 8 heteroatoms. The maximum Gasteiger partial charge on any atom is 0.333 e. The molecule has 8 nitrogen and oxygen atoms in total. The normalized spacial score (nSPS) is 12.8. The van der Waals surface area contributed by atoms with Crippen LogP contribution in [0.25, 0.3) is 0 Å². The van der Waals surface area contributed by atoms with Crippen LogP contribution < -0.4 is 11.1 Å². The predicted molar refractivity (Wildman–Crippen MR) is 104 cm³/mol. The molecule has 0 saturated carbocycles. The Bertz CT molecular complexity index is 969. The number of aromatic nitrogens is 1. The van der Waals surface area contributed by atoms with Crippen molar-refractivity contribution in [2.75, 3.05) is 7.11 Å². The van der Waals surface area contributed by atoms with Crippen LogP contribution in [0, 0.1) is 0 Å². The third-order valence-corrected chi connectivity index (χ3v) is 4.31. The number of carbonyl (C=O) groups is 2. The Kier molecular flexibility index (Phi) is 6.25. The van der Waals surface area contributed by atoms with E-state index in [1.807, 2.05) is 0 Å². The summed E-state index contributed by atoms with van der Waals surface area (Å²) in [6.07, 6.45) is 1.61. The van der Waals surface area contributed by atoms with Crippen LogP contribution in [-0.4, -0.2) is 29.1 Å². The molecule has 0 aliphatic rings. The largest absolute Gasteiger partial charge is 0.508 e. The number of nitrogens with one attached hydrogen (secondary N) is 1. The molecule has 0 fully saturated rings. The van der Waals surface area contributed by atoms with Crippen molar-refractivity contribution in [1.82, 2.24) is 10.3 Å². The first-order valence-electron chi connectivity index (χ1n) is 8.90. The van der Waals surface area contributed by atoms with Crippen LogP contribution in [0.1, 0.15) is 39.6 Å². The van der Waals surface area contributed by atoms with Crippen LogP contribution in [0.2, 0.25) is 0 Å². The molecule has 0 aliphatic heterocycles. The SMILES string of the molecule is COC(=O)C(NC(=O)c1coc(C(N)Cc2ccc(O)cc2)n1)c1ccccc1. The van der Waals surface area contributed by atoms with Crippen LogP contribution in [-0.2, 0) is 16.0 Å². The smallest absolute Gasteiger partial charge is 0.333 e. The molecular formula is C21H21N3O5. The molecule has 1 amide bonds. The van der Waals surface area contributed by atoms with Gasteiger partial charge >= 0.3 is 5.97 Å². The second kappa shape index (κ2) is 9.03. The van der Waals surface area contributed by atoms with Gasteiger partial charge in [-0.3, -0.25) is 4.79 Å². The first-order chi connectivity index (χ1) is 14.0. The number of carbonyl (C=O) groups excluding carboxylic acids is 2. The number of ether oxygens (including phenoxy) is 1. The van der Waals surface area contributed by atoms with Gasteiger partial charge in [0.1, 0.15) is 12.0 Å². The van der Waals surface area contributed by atoms with E-state index in [1.165, 1.54) is 13.4 Å². The fraction of sp³-hybridized carbons (Fsp3) is 0.190. The van der Waals surface area contributed by atoms with Crippen molar-refractivity contribution in [3.8, 4) is 5.75 Å². The van der Waals surface area contributed by atoms with Gasteiger partial charge in [-0.15, -0.1) is 0 Å². The molecule has 0 radical (unpaired) electrons. The second-order valence-corrected chi connectivity index (χ2v) is 6.39. The molecule has 0 saturated heterocycles. The number of hydrogen-bond donors (Lipinski definition) is 3. The molecule has 0 spiro atoms. The van der Waals surface area contributed by atoms with Gasteiger partial charge < -0.3 is 25.3 Å². The zero-order valence-corrected chi connectivity index (χ0v) is 15.7. The Morgan fingerprint density at radius 3 is 2.52 bits per heavy atom. The van der Waals surface area contributed by atoms with Crippen LogP contribution in [0.4, 0.5) is 0 Å². The summed E-state index contributed by atoms with van der Waals surface area (Å²) in [7, 11) is 1.25. The highest BCUT2D eigenvalue weighted by Gasteiger charge is 2.26. The molecule has 0 bridgehead atoms. The number of hydrogen-bond acceptors (Lipinski definition) is 7. The zero-order chi connectivity index (χ0) is 20.8. The molecule has 3 rings (SSSR count). The van der Waals surface area contributed by atoms with Crippen LogP contribution >= 0.6 is 0 Å². The minimum Gasteiger partial charge on any atom is -0.508 e. The lowest BCUT2D eigenvalue weighted by Gasteiger charge is -2.16. The Balaban J connectivity index is 1.70. The number of rotatable bonds is 7. The average molecular weight is 395 g/mol. The highest BCUT2D eigenvalue weighted by Crippen LogP contribution is 2.19. The Labute approximate surface area is 167 Å². The molecule has 3 aromatic rings. The molecule has 150 valence electrons. The van der Waals surface area contributed by atoms with Crippen molar-refractivity contribution in [3.05, 3.63) is 83.6 Å². The Morgan fingerprint density at radius 2 is 1.86 bits per heavy atom. The zero-order valence-electron chi connectivity index (χ0n) is 15.7. The third kappa shape index (κ3) is 4.99. The number of nitrogens with two attached hydrogens (primary N) is 1. The topological polar surface area (TPSA) is 128 Å². The summed E-state index contributed by atoms with van der Waals surface area (Å²) in [6.45, 7) is 0.